The highest BCUT2D eigenvalue weighted by molar-refractivity contribution is 7.95. The van der Waals surface area contributed by atoms with Gasteiger partial charge in [-0.05, 0) is 37.1 Å². The maximum absolute atomic E-state index is 12.7. The van der Waals surface area contributed by atoms with Gasteiger partial charge in [-0.3, -0.25) is 4.79 Å². The van der Waals surface area contributed by atoms with Crippen molar-refractivity contribution < 1.29 is 31.2 Å². The molecule has 12 nitrogen and oxygen atoms in total. The minimum absolute atomic E-state index is 0.105. The fraction of sp³-hybridized carbons (Fsp3) is 0.333. The van der Waals surface area contributed by atoms with E-state index in [-0.39, 0.29) is 23.1 Å². The van der Waals surface area contributed by atoms with Crippen molar-refractivity contribution in [2.45, 2.75) is 31.7 Å². The molecule has 0 spiro atoms. The topological polar surface area (TPSA) is 184 Å². The van der Waals surface area contributed by atoms with Gasteiger partial charge in [0.1, 0.15) is 22.1 Å². The Bertz CT molecular complexity index is 1440. The molecule has 1 aliphatic rings. The molecular formula is C21H27N5O7S2. The first-order chi connectivity index (χ1) is 16.2. The summed E-state index contributed by atoms with van der Waals surface area (Å²) in [5.74, 6) is -1.16. The van der Waals surface area contributed by atoms with Crippen LogP contribution < -0.4 is 16.4 Å². The Balaban J connectivity index is 2.12. The molecule has 1 amide bonds. The van der Waals surface area contributed by atoms with Gasteiger partial charge in [-0.25, -0.2) is 12.7 Å². The van der Waals surface area contributed by atoms with Crippen LogP contribution in [-0.2, 0) is 24.8 Å². The zero-order valence-electron chi connectivity index (χ0n) is 19.7. The van der Waals surface area contributed by atoms with Crippen molar-refractivity contribution in [2.24, 2.45) is 16.0 Å². The normalized spacial score (nSPS) is 16.5. The third-order valence-corrected chi connectivity index (χ3v) is 8.39. The van der Waals surface area contributed by atoms with Crippen molar-refractivity contribution in [1.29, 1.82) is 0 Å². The van der Waals surface area contributed by atoms with Crippen LogP contribution >= 0.6 is 0 Å². The smallest absolute Gasteiger partial charge is 0.292 e. The number of nitrogens with one attached hydrogen (secondary N) is 2. The molecule has 0 saturated carbocycles. The second-order valence-corrected chi connectivity index (χ2v) is 12.0. The lowest BCUT2D eigenvalue weighted by molar-refractivity contribution is -0.113. The Morgan fingerprint density at radius 3 is 2.37 bits per heavy atom. The second kappa shape index (κ2) is 9.36. The largest absolute Gasteiger partial charge is 0.504 e. The molecule has 2 aromatic rings. The summed E-state index contributed by atoms with van der Waals surface area (Å²) >= 11 is 0. The molecule has 1 aromatic heterocycles. The number of para-hydroxylation sites is 1. The zero-order valence-corrected chi connectivity index (χ0v) is 21.4. The van der Waals surface area contributed by atoms with E-state index in [1.165, 1.54) is 32.3 Å². The summed E-state index contributed by atoms with van der Waals surface area (Å²) in [5, 5.41) is 16.3. The number of amides is 1. The number of nitrogens with zero attached hydrogens (tertiary/aromatic N) is 2. The van der Waals surface area contributed by atoms with Gasteiger partial charge in [0.25, 0.3) is 15.9 Å². The van der Waals surface area contributed by atoms with Crippen LogP contribution in [-0.4, -0.2) is 52.1 Å². The Hall–Kier alpha value is -3.36. The fourth-order valence-corrected chi connectivity index (χ4v) is 5.54. The summed E-state index contributed by atoms with van der Waals surface area (Å²) in [6, 6.07) is 6.78. The number of phenolic OH excluding ortho intramolecular Hbond substituents is 1. The van der Waals surface area contributed by atoms with Crippen molar-refractivity contribution in [2.75, 3.05) is 19.4 Å². The van der Waals surface area contributed by atoms with Gasteiger partial charge in [0.05, 0.1) is 11.7 Å². The maximum atomic E-state index is 12.7. The standard InChI is InChI=1S/C21H27N5O7S2/c1-11(2)16(14-10-9-12(3)33-14)24-21-17(19(20(22)28)34(29,30)25-21)23-13-7-6-8-15(18(13)27)35(31,32)26(4)5/h6-11,16,23,27H,1-5H3,(H2,22,28)(H,24,25)/t16-/m1/s1. The third-order valence-electron chi connectivity index (χ3n) is 5.20. The molecule has 0 saturated heterocycles. The number of rotatable bonds is 8. The lowest BCUT2D eigenvalue weighted by atomic mass is 10.0. The molecule has 14 heteroatoms. The molecule has 3 rings (SSSR count). The summed E-state index contributed by atoms with van der Waals surface area (Å²) in [7, 11) is -5.93. The molecular weight excluding hydrogens is 498 g/mol. The second-order valence-electron chi connectivity index (χ2n) is 8.36. The predicted molar refractivity (Wildman–Crippen MR) is 129 cm³/mol. The molecule has 2 heterocycles. The first-order valence-corrected chi connectivity index (χ1v) is 13.3. The lowest BCUT2D eigenvalue weighted by Gasteiger charge is -2.23. The van der Waals surface area contributed by atoms with Gasteiger partial charge in [-0.15, -0.1) is 4.40 Å². The highest BCUT2D eigenvalue weighted by Crippen LogP contribution is 2.35. The number of furan rings is 1. The van der Waals surface area contributed by atoms with Crippen LogP contribution in [0.1, 0.15) is 31.4 Å². The number of primary amides is 1. The van der Waals surface area contributed by atoms with Crippen LogP contribution in [0.15, 0.2) is 54.6 Å². The van der Waals surface area contributed by atoms with E-state index in [0.29, 0.717) is 11.5 Å². The van der Waals surface area contributed by atoms with E-state index in [1.807, 2.05) is 13.8 Å². The van der Waals surface area contributed by atoms with E-state index in [9.17, 15) is 26.7 Å². The number of carbonyl (C=O) groups is 1. The molecule has 1 aromatic carbocycles. The minimum Gasteiger partial charge on any atom is -0.504 e. The fourth-order valence-electron chi connectivity index (χ4n) is 3.41. The summed E-state index contributed by atoms with van der Waals surface area (Å²) in [6.07, 6.45) is 0. The van der Waals surface area contributed by atoms with E-state index in [1.54, 1.807) is 19.1 Å². The maximum Gasteiger partial charge on any atom is 0.292 e. The van der Waals surface area contributed by atoms with Gasteiger partial charge >= 0.3 is 0 Å². The number of hydrogen-bond donors (Lipinski definition) is 4. The molecule has 35 heavy (non-hydrogen) atoms. The molecule has 190 valence electrons. The zero-order chi connectivity index (χ0) is 26.3. The first-order valence-electron chi connectivity index (χ1n) is 10.4. The number of anilines is 1. The number of nitrogens with two attached hydrogens (primary N) is 1. The van der Waals surface area contributed by atoms with Crippen LogP contribution in [0, 0.1) is 12.8 Å². The number of benzene rings is 1. The molecule has 0 fully saturated rings. The minimum atomic E-state index is -4.49. The number of aryl methyl sites for hydroxylation is 1. The van der Waals surface area contributed by atoms with Crippen LogP contribution in [0.3, 0.4) is 0 Å². The van der Waals surface area contributed by atoms with Crippen molar-refractivity contribution in [3.8, 4) is 5.75 Å². The average Bonchev–Trinajstić information content (AvgIpc) is 3.26. The van der Waals surface area contributed by atoms with E-state index in [0.717, 1.165) is 4.31 Å². The summed E-state index contributed by atoms with van der Waals surface area (Å²) in [5.41, 5.74) is 4.85. The van der Waals surface area contributed by atoms with E-state index < -0.39 is 47.5 Å². The highest BCUT2D eigenvalue weighted by atomic mass is 32.2. The van der Waals surface area contributed by atoms with Crippen LogP contribution in [0.25, 0.3) is 0 Å². The summed E-state index contributed by atoms with van der Waals surface area (Å²) < 4.78 is 60.8. The van der Waals surface area contributed by atoms with E-state index in [4.69, 9.17) is 10.2 Å². The highest BCUT2D eigenvalue weighted by Gasteiger charge is 2.38. The molecule has 5 N–H and O–H groups in total. The van der Waals surface area contributed by atoms with Crippen molar-refractivity contribution in [3.63, 3.8) is 0 Å². The number of sulfonamides is 2. The monoisotopic (exact) mass is 525 g/mol. The third kappa shape index (κ3) is 5.04. The van der Waals surface area contributed by atoms with Gasteiger partial charge in [0.2, 0.25) is 10.0 Å². The summed E-state index contributed by atoms with van der Waals surface area (Å²) in [4.78, 5) is 10.9. The molecule has 1 aliphatic heterocycles. The van der Waals surface area contributed by atoms with Crippen molar-refractivity contribution in [1.82, 2.24) is 9.62 Å². The Kier molecular flexibility index (Phi) is 7.02. The van der Waals surface area contributed by atoms with Gasteiger partial charge in [0.15, 0.2) is 16.5 Å². The van der Waals surface area contributed by atoms with Crippen LogP contribution in [0.2, 0.25) is 0 Å². The molecule has 0 radical (unpaired) electrons. The van der Waals surface area contributed by atoms with Crippen LogP contribution in [0.5, 0.6) is 5.75 Å². The number of phenols is 1. The SMILES string of the molecule is Cc1ccc([C@H](NC2=NS(=O)(=O)C(C(N)=O)=C2Nc2cccc(S(=O)(=O)N(C)C)c2O)C(C)C)o1. The first kappa shape index (κ1) is 26.2. The molecule has 0 aliphatic carbocycles. The predicted octanol–water partition coefficient (Wildman–Crippen LogP) is 1.38. The van der Waals surface area contributed by atoms with Crippen molar-refractivity contribution in [3.05, 3.63) is 52.5 Å². The molecule has 1 atom stereocenters. The Morgan fingerprint density at radius 2 is 1.86 bits per heavy atom. The Labute approximate surface area is 203 Å². The van der Waals surface area contributed by atoms with Gasteiger partial charge in [0, 0.05) is 14.1 Å². The average molecular weight is 526 g/mol. The Morgan fingerprint density at radius 1 is 1.20 bits per heavy atom. The van der Waals surface area contributed by atoms with Gasteiger partial charge < -0.3 is 25.9 Å². The van der Waals surface area contributed by atoms with Gasteiger partial charge in [-0.2, -0.15) is 8.42 Å². The lowest BCUT2D eigenvalue weighted by Crippen LogP contribution is -2.34. The molecule has 0 bridgehead atoms. The summed E-state index contributed by atoms with van der Waals surface area (Å²) in [6.45, 7) is 5.49. The number of carbonyl (C=O) groups excluding carboxylic acids is 1. The van der Waals surface area contributed by atoms with Crippen LogP contribution in [0.4, 0.5) is 5.69 Å². The van der Waals surface area contributed by atoms with E-state index in [2.05, 4.69) is 15.0 Å². The molecule has 0 unspecified atom stereocenters. The van der Waals surface area contributed by atoms with Gasteiger partial charge in [-0.1, -0.05) is 19.9 Å². The quantitative estimate of drug-likeness (QED) is 0.370. The number of hydrogen-bond acceptors (Lipinski definition) is 9. The number of amidine groups is 1. The van der Waals surface area contributed by atoms with E-state index >= 15 is 0 Å². The number of aromatic hydroxyl groups is 1. The van der Waals surface area contributed by atoms with Crippen molar-refractivity contribution >= 4 is 37.5 Å².